The van der Waals surface area contributed by atoms with E-state index >= 15 is 0 Å². The lowest BCUT2D eigenvalue weighted by Crippen LogP contribution is -2.61. The van der Waals surface area contributed by atoms with Crippen LogP contribution in [0.1, 0.15) is 134 Å². The van der Waals surface area contributed by atoms with Crippen molar-refractivity contribution in [3.05, 3.63) is 0 Å². The molecular weight excluding hydrogens is 815 g/mol. The van der Waals surface area contributed by atoms with Crippen molar-refractivity contribution in [3.8, 4) is 0 Å². The maximum atomic E-state index is 14.4. The van der Waals surface area contributed by atoms with Crippen molar-refractivity contribution in [2.45, 2.75) is 218 Å². The normalized spacial score (nSPS) is 43.2. The summed E-state index contributed by atoms with van der Waals surface area (Å²) >= 11 is 0. The first-order valence-electron chi connectivity index (χ1n) is 23.8. The number of hydrogen-bond donors (Lipinski definition) is 5. The number of methoxy groups -OCH3 is 1. The minimum atomic E-state index is -1.94. The van der Waals surface area contributed by atoms with Gasteiger partial charge in [-0.25, -0.2) is 0 Å². The fourth-order valence-corrected chi connectivity index (χ4v) is 10.0. The Morgan fingerprint density at radius 1 is 0.841 bits per heavy atom. The lowest BCUT2D eigenvalue weighted by molar-refractivity contribution is -0.317. The number of cyclic esters (lactones) is 1. The van der Waals surface area contributed by atoms with E-state index in [1.54, 1.807) is 48.5 Å². The zero-order chi connectivity index (χ0) is 47.6. The monoisotopic (exact) mass is 904 g/mol. The molecule has 18 atom stereocenters. The number of carbonyl (C=O) groups is 1. The van der Waals surface area contributed by atoms with Gasteiger partial charge in [-0.1, -0.05) is 65.5 Å². The Morgan fingerprint density at radius 3 is 2.10 bits per heavy atom. The van der Waals surface area contributed by atoms with E-state index in [4.69, 9.17) is 33.3 Å². The molecule has 3 aliphatic rings. The molecule has 5 N–H and O–H groups in total. The van der Waals surface area contributed by atoms with E-state index in [2.05, 4.69) is 17.0 Å². The summed E-state index contributed by atoms with van der Waals surface area (Å²) in [5.41, 5.74) is -4.32. The quantitative estimate of drug-likeness (QED) is 0.0776. The van der Waals surface area contributed by atoms with Crippen LogP contribution in [0.3, 0.4) is 0 Å². The molecule has 16 nitrogen and oxygen atoms in total. The van der Waals surface area contributed by atoms with Crippen LogP contribution in [-0.4, -0.2) is 179 Å². The number of ether oxygens (including phenoxy) is 6. The summed E-state index contributed by atoms with van der Waals surface area (Å²) in [7, 11) is 7.31. The largest absolute Gasteiger partial charge is 0.459 e. The maximum Gasteiger partial charge on any atom is 0.311 e. The van der Waals surface area contributed by atoms with Gasteiger partial charge in [-0.3, -0.25) is 4.79 Å². The van der Waals surface area contributed by atoms with Crippen molar-refractivity contribution >= 4 is 11.7 Å². The van der Waals surface area contributed by atoms with E-state index in [-0.39, 0.29) is 38.0 Å². The van der Waals surface area contributed by atoms with Crippen molar-refractivity contribution in [2.75, 3.05) is 47.9 Å². The Morgan fingerprint density at radius 2 is 1.49 bits per heavy atom. The van der Waals surface area contributed by atoms with Crippen molar-refractivity contribution in [3.63, 3.8) is 0 Å². The third-order valence-corrected chi connectivity index (χ3v) is 14.2. The molecule has 3 fully saturated rings. The molecule has 0 radical (unpaired) electrons. The second-order valence-corrected chi connectivity index (χ2v) is 20.1. The summed E-state index contributed by atoms with van der Waals surface area (Å²) in [6.07, 6.45) is -3.31. The van der Waals surface area contributed by atoms with Crippen LogP contribution in [0.2, 0.25) is 0 Å². The molecule has 3 aliphatic heterocycles. The molecule has 0 saturated carbocycles. The number of aliphatic hydroxyl groups excluding tert-OH is 3. The number of unbranched alkanes of at least 4 members (excludes halogenated alkanes) is 4. The van der Waals surface area contributed by atoms with Crippen LogP contribution in [0.25, 0.3) is 0 Å². The molecule has 0 amide bonds. The predicted molar refractivity (Wildman–Crippen MR) is 241 cm³/mol. The number of aliphatic hydroxyl groups is 5. The summed E-state index contributed by atoms with van der Waals surface area (Å²) in [6.45, 7) is 21.3. The zero-order valence-corrected chi connectivity index (χ0v) is 41.5. The summed E-state index contributed by atoms with van der Waals surface area (Å²) in [6, 6.07) is -0.315. The van der Waals surface area contributed by atoms with E-state index in [1.807, 2.05) is 39.9 Å². The van der Waals surface area contributed by atoms with Gasteiger partial charge < -0.3 is 68.6 Å². The molecule has 0 spiro atoms. The van der Waals surface area contributed by atoms with Gasteiger partial charge in [-0.2, -0.15) is 0 Å². The van der Waals surface area contributed by atoms with E-state index in [0.717, 1.165) is 13.0 Å². The zero-order valence-electron chi connectivity index (χ0n) is 41.5. The second kappa shape index (κ2) is 24.5. The van der Waals surface area contributed by atoms with Crippen LogP contribution in [0.5, 0.6) is 0 Å². The standard InChI is InChI=1S/C47H89N3O13/c1-16-18-19-20-21-22-50(14)23-24-58-48-37-28(3)26-45(9,55)42(63-44-38(51)34(49(12)13)25-29(4)59-44)31(6)39(62-36-27-46(10,57-15)41(53)33(8)60-36)32(7)43(54)61-35(17-2)47(11,56)40(52)30(37)5/h28-36,38-42,44,51-53,55-56H,16-27H2,1-15H3/b48-37-/t28-,29?,30+,31+,32-,33?,34?,35-,36?,38?,39+,40-,41?,42-,44?,45-,46?,47-/m1/s1. The Bertz CT molecular complexity index is 1400. The fraction of sp³-hybridized carbons (Fsp3) is 0.957. The van der Waals surface area contributed by atoms with Gasteiger partial charge in [0.15, 0.2) is 12.6 Å². The Labute approximate surface area is 379 Å². The molecule has 370 valence electrons. The van der Waals surface area contributed by atoms with Crippen LogP contribution in [0.4, 0.5) is 0 Å². The molecule has 0 aromatic rings. The van der Waals surface area contributed by atoms with Crippen molar-refractivity contribution in [1.82, 2.24) is 9.80 Å². The highest BCUT2D eigenvalue weighted by Crippen LogP contribution is 2.41. The minimum absolute atomic E-state index is 0.0181. The first kappa shape index (κ1) is 55.8. The lowest BCUT2D eigenvalue weighted by Gasteiger charge is -2.49. The molecule has 16 heteroatoms. The average molecular weight is 904 g/mol. The Balaban J connectivity index is 2.15. The van der Waals surface area contributed by atoms with Gasteiger partial charge in [0.1, 0.15) is 30.5 Å². The highest BCUT2D eigenvalue weighted by molar-refractivity contribution is 5.88. The number of nitrogens with zero attached hydrogens (tertiary/aromatic N) is 3. The highest BCUT2D eigenvalue weighted by Gasteiger charge is 2.53. The van der Waals surface area contributed by atoms with Crippen LogP contribution < -0.4 is 0 Å². The Kier molecular flexibility index (Phi) is 21.7. The van der Waals surface area contributed by atoms with Gasteiger partial charge in [-0.05, 0) is 94.9 Å². The smallest absolute Gasteiger partial charge is 0.311 e. The van der Waals surface area contributed by atoms with E-state index in [1.165, 1.54) is 39.7 Å². The number of rotatable bonds is 17. The molecule has 63 heavy (non-hydrogen) atoms. The first-order valence-corrected chi connectivity index (χ1v) is 23.8. The van der Waals surface area contributed by atoms with E-state index < -0.39 is 102 Å². The second-order valence-electron chi connectivity index (χ2n) is 20.1. The Hall–Kier alpha value is -1.54. The highest BCUT2D eigenvalue weighted by atomic mass is 16.7. The molecule has 8 unspecified atom stereocenters. The van der Waals surface area contributed by atoms with Crippen molar-refractivity contribution in [1.29, 1.82) is 0 Å². The summed E-state index contributed by atoms with van der Waals surface area (Å²) in [5.74, 6) is -3.96. The number of likely N-dealkylation sites (N-methyl/N-ethyl adjacent to an activating group) is 2. The van der Waals surface area contributed by atoms with Gasteiger partial charge in [0, 0.05) is 43.9 Å². The summed E-state index contributed by atoms with van der Waals surface area (Å²) in [4.78, 5) is 24.5. The van der Waals surface area contributed by atoms with Crippen molar-refractivity contribution in [2.24, 2.45) is 28.8 Å². The van der Waals surface area contributed by atoms with Gasteiger partial charge >= 0.3 is 5.97 Å². The summed E-state index contributed by atoms with van der Waals surface area (Å²) < 4.78 is 38.0. The van der Waals surface area contributed by atoms with Gasteiger partial charge in [-0.15, -0.1) is 0 Å². The molecule has 0 aromatic heterocycles. The molecule has 3 rings (SSSR count). The maximum absolute atomic E-state index is 14.4. The third-order valence-electron chi connectivity index (χ3n) is 14.2. The van der Waals surface area contributed by atoms with E-state index in [9.17, 15) is 30.3 Å². The first-order chi connectivity index (χ1) is 29.4. The summed E-state index contributed by atoms with van der Waals surface area (Å²) in [5, 5.41) is 64.4. The van der Waals surface area contributed by atoms with Crippen LogP contribution in [0, 0.1) is 23.7 Å². The van der Waals surface area contributed by atoms with Gasteiger partial charge in [0.05, 0.1) is 53.4 Å². The average Bonchev–Trinajstić information content (AvgIpc) is 3.21. The van der Waals surface area contributed by atoms with Crippen LogP contribution >= 0.6 is 0 Å². The molecule has 0 bridgehead atoms. The third kappa shape index (κ3) is 14.5. The topological polar surface area (TPSA) is 202 Å². The van der Waals surface area contributed by atoms with Crippen LogP contribution in [-0.2, 0) is 38.1 Å². The predicted octanol–water partition coefficient (Wildman–Crippen LogP) is 4.49. The van der Waals surface area contributed by atoms with Gasteiger partial charge in [0.25, 0.3) is 0 Å². The SMILES string of the molecule is CCCCCCCN(C)CCO/N=C1/[C@H](C)C[C@@](C)(O)[C@H](OC2OC(C)CC(N(C)C)C2O)[C@@H](C)[C@H](OC2CC(C)(OC)C(O)C(C)O2)[C@@H](C)C(=O)O[C@H](CC)[C@@](C)(O)[C@H](O)[C@H]1C. The number of carbonyl (C=O) groups excluding carboxylic acids is 1. The van der Waals surface area contributed by atoms with Crippen molar-refractivity contribution < 1.29 is 63.6 Å². The number of oxime groups is 1. The van der Waals surface area contributed by atoms with E-state index in [0.29, 0.717) is 18.7 Å². The molecule has 3 heterocycles. The fourth-order valence-electron chi connectivity index (χ4n) is 10.0. The molecule has 3 saturated heterocycles. The minimum Gasteiger partial charge on any atom is -0.459 e. The van der Waals surface area contributed by atoms with Gasteiger partial charge in [0.2, 0.25) is 0 Å². The molecule has 0 aromatic carbocycles. The van der Waals surface area contributed by atoms with Crippen LogP contribution in [0.15, 0.2) is 5.16 Å². The number of esters is 1. The lowest BCUT2D eigenvalue weighted by atomic mass is 9.73. The molecular formula is C47H89N3O13. The molecule has 0 aliphatic carbocycles. The number of hydrogen-bond acceptors (Lipinski definition) is 16.